The van der Waals surface area contributed by atoms with E-state index in [0.717, 1.165) is 78.3 Å². The zero-order valence-corrected chi connectivity index (χ0v) is 59.8. The quantitative estimate of drug-likeness (QED) is 0.114. The van der Waals surface area contributed by atoms with Gasteiger partial charge in [0.2, 0.25) is 0 Å². The lowest BCUT2D eigenvalue weighted by molar-refractivity contribution is 0.670. The first-order valence-corrected chi connectivity index (χ1v) is 38.5. The molecular weight excluding hydrogens is 1350 g/mol. The minimum absolute atomic E-state index is 0.156. The zero-order chi connectivity index (χ0) is 69.3. The third-order valence-corrected chi connectivity index (χ3v) is 25.2. The Hall–Kier alpha value is -12.0. The summed E-state index contributed by atoms with van der Waals surface area (Å²) in [5.41, 5.74) is 24.7. The van der Waals surface area contributed by atoms with E-state index in [-0.39, 0.29) is 5.92 Å². The van der Waals surface area contributed by atoms with E-state index < -0.39 is 5.41 Å². The molecule has 1 aliphatic heterocycles. The molecule has 4 heterocycles. The van der Waals surface area contributed by atoms with Crippen molar-refractivity contribution in [2.45, 2.75) is 21.1 Å². The summed E-state index contributed by atoms with van der Waals surface area (Å²) in [6.45, 7) is 0. The molecule has 0 saturated carbocycles. The van der Waals surface area contributed by atoms with Crippen molar-refractivity contribution in [1.82, 2.24) is 0 Å². The van der Waals surface area contributed by atoms with Crippen molar-refractivity contribution in [2.75, 3.05) is 9.80 Å². The first-order valence-electron chi connectivity index (χ1n) is 35.6. The lowest BCUT2D eigenvalue weighted by Gasteiger charge is -2.41. The SMILES string of the molecule is Clc1ccc2c(c1)-c1c(N(c3ccccc3)c3cc(-c4ccccc4)c4oc5ccccc5c4c3)cccc1C21c2ccc(C(c3ccccc3)c3cc(-c4ccccc4)cc4sc5ccccc5c34)cc2Sc2cc(N(c3ccccc3)c3cc(-c4ccccc4)cc4sc5ccccc5c34)ccc21. The molecule has 494 valence electrons. The van der Waals surface area contributed by atoms with Gasteiger partial charge < -0.3 is 14.2 Å². The summed E-state index contributed by atoms with van der Waals surface area (Å²) in [6, 6.07) is 135. The van der Waals surface area contributed by atoms with E-state index in [1.807, 2.05) is 34.4 Å². The van der Waals surface area contributed by atoms with E-state index in [1.165, 1.54) is 111 Å². The maximum Gasteiger partial charge on any atom is 0.143 e. The van der Waals surface area contributed by atoms with E-state index in [1.54, 1.807) is 0 Å². The van der Waals surface area contributed by atoms with Crippen LogP contribution in [0.15, 0.2) is 378 Å². The molecule has 0 amide bonds. The first kappa shape index (κ1) is 61.6. The van der Waals surface area contributed by atoms with Crippen LogP contribution in [-0.4, -0.2) is 0 Å². The Kier molecular flexibility index (Phi) is 14.6. The fourth-order valence-corrected chi connectivity index (χ4v) is 21.0. The Balaban J connectivity index is 0.847. The Bertz CT molecular complexity index is 6400. The normalized spacial score (nSPS) is 13.9. The molecule has 7 heteroatoms. The van der Waals surface area contributed by atoms with Gasteiger partial charge in [0, 0.05) is 106 Å². The number of hydrogen-bond donors (Lipinski definition) is 0. The highest BCUT2D eigenvalue weighted by atomic mass is 35.5. The molecule has 21 rings (SSSR count). The summed E-state index contributed by atoms with van der Waals surface area (Å²) >= 11 is 13.2. The van der Waals surface area contributed by atoms with Gasteiger partial charge in [0.1, 0.15) is 11.2 Å². The van der Waals surface area contributed by atoms with Gasteiger partial charge in [-0.3, -0.25) is 0 Å². The average Bonchev–Trinajstić information content (AvgIpc) is 1.39. The molecule has 0 saturated heterocycles. The summed E-state index contributed by atoms with van der Waals surface area (Å²) in [6.07, 6.45) is 0. The van der Waals surface area contributed by atoms with Crippen LogP contribution in [0, 0.1) is 0 Å². The molecular formula is C98H61ClN2OS3. The minimum atomic E-state index is -0.867. The maximum absolute atomic E-state index is 7.53. The van der Waals surface area contributed by atoms with Crippen LogP contribution in [0.2, 0.25) is 5.02 Å². The monoisotopic (exact) mass is 1410 g/mol. The van der Waals surface area contributed by atoms with Crippen molar-refractivity contribution < 1.29 is 4.42 Å². The van der Waals surface area contributed by atoms with E-state index >= 15 is 0 Å². The summed E-state index contributed by atoms with van der Waals surface area (Å²) < 4.78 is 11.9. The zero-order valence-electron chi connectivity index (χ0n) is 56.6. The Labute approximate surface area is 625 Å². The third kappa shape index (κ3) is 9.93. The van der Waals surface area contributed by atoms with Gasteiger partial charge in [0.05, 0.1) is 16.8 Å². The fourth-order valence-electron chi connectivity index (χ4n) is 17.2. The Morgan fingerprint density at radius 3 is 1.53 bits per heavy atom. The van der Waals surface area contributed by atoms with Crippen LogP contribution in [0.1, 0.15) is 44.9 Å². The van der Waals surface area contributed by atoms with E-state index in [9.17, 15) is 0 Å². The van der Waals surface area contributed by atoms with Gasteiger partial charge in [0.25, 0.3) is 0 Å². The van der Waals surface area contributed by atoms with Gasteiger partial charge >= 0.3 is 0 Å². The summed E-state index contributed by atoms with van der Waals surface area (Å²) in [5.74, 6) is -0.156. The van der Waals surface area contributed by atoms with Crippen LogP contribution in [0.3, 0.4) is 0 Å². The van der Waals surface area contributed by atoms with Gasteiger partial charge in [-0.05, 0) is 188 Å². The molecule has 1 spiro atoms. The molecule has 1 aliphatic carbocycles. The molecule has 2 aliphatic rings. The van der Waals surface area contributed by atoms with Crippen molar-refractivity contribution >= 4 is 142 Å². The van der Waals surface area contributed by atoms with Crippen molar-refractivity contribution in [1.29, 1.82) is 0 Å². The Morgan fingerprint density at radius 1 is 0.314 bits per heavy atom. The second-order valence-corrected chi connectivity index (χ2v) is 31.1. The van der Waals surface area contributed by atoms with Crippen LogP contribution < -0.4 is 9.80 Å². The molecule has 0 bridgehead atoms. The van der Waals surface area contributed by atoms with Crippen molar-refractivity contribution in [3.8, 4) is 44.5 Å². The first-order chi connectivity index (χ1) is 52.0. The van der Waals surface area contributed by atoms with E-state index in [2.05, 4.69) is 374 Å². The second-order valence-electron chi connectivity index (χ2n) is 27.4. The number of rotatable bonds is 12. The van der Waals surface area contributed by atoms with E-state index in [4.69, 9.17) is 16.0 Å². The van der Waals surface area contributed by atoms with Crippen molar-refractivity contribution in [3.63, 3.8) is 0 Å². The molecule has 16 aromatic carbocycles. The predicted molar refractivity (Wildman–Crippen MR) is 445 cm³/mol. The third-order valence-electron chi connectivity index (χ3n) is 21.6. The summed E-state index contributed by atoms with van der Waals surface area (Å²) in [5, 5.41) is 7.83. The predicted octanol–water partition coefficient (Wildman–Crippen LogP) is 28.9. The minimum Gasteiger partial charge on any atom is -0.455 e. The molecule has 0 N–H and O–H groups in total. The molecule has 3 nitrogen and oxygen atoms in total. The number of thiophene rings is 2. The molecule has 0 radical (unpaired) electrons. The highest BCUT2D eigenvalue weighted by Gasteiger charge is 2.52. The second kappa shape index (κ2) is 24.9. The van der Waals surface area contributed by atoms with Gasteiger partial charge in [-0.1, -0.05) is 272 Å². The summed E-state index contributed by atoms with van der Waals surface area (Å²) in [4.78, 5) is 7.35. The van der Waals surface area contributed by atoms with Crippen LogP contribution in [0.25, 0.3) is 107 Å². The van der Waals surface area contributed by atoms with Crippen LogP contribution in [-0.2, 0) is 5.41 Å². The number of fused-ring (bicyclic) bond motifs is 18. The topological polar surface area (TPSA) is 19.6 Å². The van der Waals surface area contributed by atoms with Gasteiger partial charge in [0.15, 0.2) is 0 Å². The molecule has 19 aromatic rings. The molecule has 105 heavy (non-hydrogen) atoms. The lowest BCUT2D eigenvalue weighted by atomic mass is 9.67. The maximum atomic E-state index is 7.53. The number of halogens is 1. The van der Waals surface area contributed by atoms with Crippen molar-refractivity contribution in [2.24, 2.45) is 0 Å². The summed E-state index contributed by atoms with van der Waals surface area (Å²) in [7, 11) is 0. The molecule has 0 fully saturated rings. The smallest absolute Gasteiger partial charge is 0.143 e. The molecule has 2 unspecified atom stereocenters. The van der Waals surface area contributed by atoms with E-state index in [0.29, 0.717) is 5.02 Å². The van der Waals surface area contributed by atoms with Crippen LogP contribution >= 0.6 is 46.0 Å². The van der Waals surface area contributed by atoms with Crippen molar-refractivity contribution in [3.05, 3.63) is 408 Å². The van der Waals surface area contributed by atoms with Gasteiger partial charge in [-0.15, -0.1) is 22.7 Å². The number of hydrogen-bond acceptors (Lipinski definition) is 6. The number of para-hydroxylation sites is 3. The largest absolute Gasteiger partial charge is 0.455 e. The number of anilines is 6. The Morgan fingerprint density at radius 2 is 0.857 bits per heavy atom. The number of nitrogens with zero attached hydrogens (tertiary/aromatic N) is 2. The van der Waals surface area contributed by atoms with Gasteiger partial charge in [-0.25, -0.2) is 0 Å². The number of benzene rings is 16. The lowest BCUT2D eigenvalue weighted by Crippen LogP contribution is -2.32. The highest BCUT2D eigenvalue weighted by Crippen LogP contribution is 2.66. The average molecular weight is 1410 g/mol. The highest BCUT2D eigenvalue weighted by molar-refractivity contribution is 7.99. The van der Waals surface area contributed by atoms with Crippen LogP contribution in [0.4, 0.5) is 34.1 Å². The fraction of sp³-hybridized carbons (Fsp3) is 0.0204. The molecule has 2 atom stereocenters. The standard InChI is InChI=1S/C98H61ClN2OS3/c99-68-47-50-80-78(57-68)95-83(41-25-42-84(95)101(70-36-17-6-18-37-70)72-58-76(63-30-11-3-12-31-63)97-77(59-72)73-38-19-22-43-86(73)102-97)98(80)81-49-46-65(93(64-32-13-4-14-33-64)79-52-66(61-26-7-1-8-27-61)55-91-94(79)74-39-20-23-44-87(74)103-91)54-89(81)105-90-60-71(48-51-82(90)98)100(69-34-15-5-16-35-69)85-53-67(62-28-9-2-10-29-62)56-92-96(85)75-40-21-24-45-88(75)104-92/h1-60,93H. The van der Waals surface area contributed by atoms with Crippen LogP contribution in [0.5, 0.6) is 0 Å². The number of furan rings is 1. The molecule has 3 aromatic heterocycles. The van der Waals surface area contributed by atoms with Gasteiger partial charge in [-0.2, -0.15) is 0 Å².